The number of carbonyl (C=O) groups is 1. The Kier molecular flexibility index (Phi) is 6.00. The van der Waals surface area contributed by atoms with Gasteiger partial charge in [0.1, 0.15) is 12.3 Å². The number of aromatic nitrogens is 1. The minimum absolute atomic E-state index is 0.0493. The van der Waals surface area contributed by atoms with Crippen LogP contribution in [-0.2, 0) is 28.7 Å². The third-order valence-corrected chi connectivity index (χ3v) is 5.53. The second-order valence-corrected chi connectivity index (χ2v) is 7.40. The fraction of sp³-hybridized carbons (Fsp3) is 0.263. The monoisotopic (exact) mass is 447 g/mol. The molecule has 0 aliphatic rings. The lowest BCUT2D eigenvalue weighted by atomic mass is 10.1. The van der Waals surface area contributed by atoms with E-state index < -0.39 is 23.7 Å². The molecule has 0 N–H and O–H groups in total. The normalized spacial score (nSPS) is 11.7. The van der Waals surface area contributed by atoms with E-state index in [1.165, 1.54) is 26.2 Å². The van der Waals surface area contributed by atoms with Crippen LogP contribution in [0.2, 0.25) is 5.02 Å². The van der Waals surface area contributed by atoms with Crippen molar-refractivity contribution in [3.05, 3.63) is 56.9 Å². The van der Waals surface area contributed by atoms with Gasteiger partial charge in [-0.1, -0.05) is 17.7 Å². The molecule has 2 aromatic heterocycles. The summed E-state index contributed by atoms with van der Waals surface area (Å²) in [6, 6.07) is 3.36. The Morgan fingerprint density at radius 1 is 1.28 bits per heavy atom. The van der Waals surface area contributed by atoms with Crippen LogP contribution in [0.4, 0.5) is 17.6 Å². The van der Waals surface area contributed by atoms with Crippen LogP contribution in [0.3, 0.4) is 0 Å². The molecule has 0 saturated carbocycles. The van der Waals surface area contributed by atoms with Crippen molar-refractivity contribution in [3.63, 3.8) is 0 Å². The molecular formula is C19H14ClF4NO3S. The van der Waals surface area contributed by atoms with Crippen molar-refractivity contribution in [1.29, 1.82) is 0 Å². The third kappa shape index (κ3) is 4.45. The molecule has 0 fully saturated rings. The van der Waals surface area contributed by atoms with Gasteiger partial charge in [0.2, 0.25) is 0 Å². The van der Waals surface area contributed by atoms with Gasteiger partial charge in [-0.2, -0.15) is 13.2 Å². The highest BCUT2D eigenvalue weighted by Crippen LogP contribution is 2.39. The summed E-state index contributed by atoms with van der Waals surface area (Å²) in [5, 5.41) is 2.21. The number of methoxy groups -OCH3 is 1. The number of esters is 1. The van der Waals surface area contributed by atoms with E-state index in [0.717, 1.165) is 17.4 Å². The van der Waals surface area contributed by atoms with Crippen molar-refractivity contribution in [2.24, 2.45) is 0 Å². The van der Waals surface area contributed by atoms with Crippen molar-refractivity contribution < 1.29 is 31.8 Å². The molecule has 3 rings (SSSR count). The molecule has 29 heavy (non-hydrogen) atoms. The number of nitrogens with zero attached hydrogens (tertiary/aromatic N) is 1. The fourth-order valence-electron chi connectivity index (χ4n) is 2.70. The molecule has 4 nitrogen and oxygen atoms in total. The van der Waals surface area contributed by atoms with Gasteiger partial charge in [-0.25, -0.2) is 9.37 Å². The summed E-state index contributed by atoms with van der Waals surface area (Å²) >= 11 is 7.33. The molecule has 0 saturated heterocycles. The van der Waals surface area contributed by atoms with Crippen molar-refractivity contribution in [2.45, 2.75) is 26.1 Å². The van der Waals surface area contributed by atoms with E-state index in [9.17, 15) is 22.4 Å². The Morgan fingerprint density at radius 2 is 2.00 bits per heavy atom. The van der Waals surface area contributed by atoms with Crippen molar-refractivity contribution in [3.8, 4) is 5.75 Å². The predicted molar refractivity (Wildman–Crippen MR) is 101 cm³/mol. The topological polar surface area (TPSA) is 48.4 Å². The smallest absolute Gasteiger partial charge is 0.433 e. The van der Waals surface area contributed by atoms with E-state index in [0.29, 0.717) is 16.5 Å². The largest absolute Gasteiger partial charge is 0.486 e. The first-order valence-electron chi connectivity index (χ1n) is 8.23. The first-order chi connectivity index (χ1) is 13.6. The van der Waals surface area contributed by atoms with Crippen LogP contribution >= 0.6 is 22.9 Å². The maximum atomic E-state index is 14.9. The van der Waals surface area contributed by atoms with Gasteiger partial charge in [0.15, 0.2) is 11.6 Å². The Balaban J connectivity index is 1.86. The molecule has 154 valence electrons. The van der Waals surface area contributed by atoms with Gasteiger partial charge in [0.25, 0.3) is 0 Å². The minimum atomic E-state index is -4.55. The fourth-order valence-corrected chi connectivity index (χ4v) is 4.09. The lowest BCUT2D eigenvalue weighted by molar-refractivity contribution is -0.141. The molecule has 2 heterocycles. The maximum absolute atomic E-state index is 14.9. The summed E-state index contributed by atoms with van der Waals surface area (Å²) in [5.74, 6) is -1.29. The number of fused-ring (bicyclic) bond motifs is 1. The molecule has 0 bridgehead atoms. The number of aryl methyl sites for hydroxylation is 1. The van der Waals surface area contributed by atoms with Crippen LogP contribution < -0.4 is 4.74 Å². The van der Waals surface area contributed by atoms with Crippen LogP contribution in [0.1, 0.15) is 22.5 Å². The van der Waals surface area contributed by atoms with Gasteiger partial charge >= 0.3 is 12.1 Å². The Morgan fingerprint density at radius 3 is 2.62 bits per heavy atom. The zero-order chi connectivity index (χ0) is 21.3. The first kappa shape index (κ1) is 21.3. The molecule has 0 unspecified atom stereocenters. The number of pyridine rings is 1. The Labute approximate surface area is 172 Å². The van der Waals surface area contributed by atoms with Gasteiger partial charge in [-0.3, -0.25) is 4.79 Å². The highest BCUT2D eigenvalue weighted by Gasteiger charge is 2.32. The molecular weight excluding hydrogens is 434 g/mol. The summed E-state index contributed by atoms with van der Waals surface area (Å²) < 4.78 is 63.3. The molecule has 1 aromatic carbocycles. The number of thiophene rings is 1. The van der Waals surface area contributed by atoms with Crippen LogP contribution in [-0.4, -0.2) is 18.1 Å². The summed E-state index contributed by atoms with van der Waals surface area (Å²) in [5.41, 5.74) is 0.0382. The number of ether oxygens (including phenoxy) is 2. The predicted octanol–water partition coefficient (Wildman–Crippen LogP) is 5.71. The lowest BCUT2D eigenvalue weighted by Crippen LogP contribution is -2.10. The second kappa shape index (κ2) is 8.16. The summed E-state index contributed by atoms with van der Waals surface area (Å²) in [6.45, 7) is 1.23. The zero-order valence-electron chi connectivity index (χ0n) is 15.2. The molecule has 0 aliphatic carbocycles. The number of hydrogen-bond acceptors (Lipinski definition) is 5. The number of rotatable bonds is 5. The van der Waals surface area contributed by atoms with E-state index in [1.807, 2.05) is 0 Å². The Hall–Kier alpha value is -2.39. The highest BCUT2D eigenvalue weighted by molar-refractivity contribution is 7.17. The standard InChI is InChI=1S/C19H14ClF4NO3S/c1-9-10(3-4-14(25-9)19(22,23)24)7-28-13-6-12(20)16-11(5-15(26)27-2)8-29-18(16)17(13)21/h3-4,6,8H,5,7H2,1-2H3. The molecule has 0 amide bonds. The third-order valence-electron chi connectivity index (χ3n) is 4.21. The number of carbonyl (C=O) groups excluding carboxylic acids is 1. The van der Waals surface area contributed by atoms with Crippen molar-refractivity contribution in [1.82, 2.24) is 4.98 Å². The van der Waals surface area contributed by atoms with Gasteiger partial charge in [0, 0.05) is 22.7 Å². The van der Waals surface area contributed by atoms with E-state index in [1.54, 1.807) is 5.38 Å². The molecule has 0 atom stereocenters. The number of benzene rings is 1. The average molecular weight is 448 g/mol. The molecule has 10 heteroatoms. The van der Waals surface area contributed by atoms with E-state index in [-0.39, 0.29) is 34.2 Å². The van der Waals surface area contributed by atoms with Crippen LogP contribution in [0.25, 0.3) is 10.1 Å². The number of hydrogen-bond donors (Lipinski definition) is 0. The quantitative estimate of drug-likeness (QED) is 0.371. The van der Waals surface area contributed by atoms with Crippen molar-refractivity contribution in [2.75, 3.05) is 7.11 Å². The van der Waals surface area contributed by atoms with Gasteiger partial charge in [0.05, 0.1) is 23.3 Å². The van der Waals surface area contributed by atoms with Crippen molar-refractivity contribution >= 4 is 39.0 Å². The minimum Gasteiger partial charge on any atom is -0.486 e. The van der Waals surface area contributed by atoms with Crippen LogP contribution in [0.15, 0.2) is 23.6 Å². The Bertz CT molecular complexity index is 1080. The molecule has 0 spiro atoms. The number of halogens is 5. The van der Waals surface area contributed by atoms with E-state index >= 15 is 0 Å². The SMILES string of the molecule is COC(=O)Cc1csc2c(F)c(OCc3ccc(C(F)(F)F)nc3C)cc(Cl)c12. The van der Waals surface area contributed by atoms with Gasteiger partial charge in [-0.15, -0.1) is 11.3 Å². The summed E-state index contributed by atoms with van der Waals surface area (Å²) in [6.07, 6.45) is -4.60. The number of alkyl halides is 3. The van der Waals surface area contributed by atoms with Crippen LogP contribution in [0, 0.1) is 12.7 Å². The maximum Gasteiger partial charge on any atom is 0.433 e. The van der Waals surface area contributed by atoms with Crippen LogP contribution in [0.5, 0.6) is 5.75 Å². The lowest BCUT2D eigenvalue weighted by Gasteiger charge is -2.12. The molecule has 0 radical (unpaired) electrons. The van der Waals surface area contributed by atoms with E-state index in [4.69, 9.17) is 16.3 Å². The van der Waals surface area contributed by atoms with Gasteiger partial charge < -0.3 is 9.47 Å². The average Bonchev–Trinajstić information content (AvgIpc) is 3.07. The second-order valence-electron chi connectivity index (χ2n) is 6.12. The summed E-state index contributed by atoms with van der Waals surface area (Å²) in [7, 11) is 1.25. The van der Waals surface area contributed by atoms with E-state index in [2.05, 4.69) is 9.72 Å². The first-order valence-corrected chi connectivity index (χ1v) is 9.49. The molecule has 0 aliphatic heterocycles. The summed E-state index contributed by atoms with van der Waals surface area (Å²) in [4.78, 5) is 15.0. The van der Waals surface area contributed by atoms with Gasteiger partial charge in [-0.05, 0) is 23.9 Å². The zero-order valence-corrected chi connectivity index (χ0v) is 16.8. The highest BCUT2D eigenvalue weighted by atomic mass is 35.5. The molecule has 3 aromatic rings.